The first-order chi connectivity index (χ1) is 8.81. The number of pyridine rings is 1. The SMILES string of the molecule is COc1cc(/C=C/C2=CCCC=C2)cc(OC)n1. The highest BCUT2D eigenvalue weighted by Gasteiger charge is 2.01. The van der Waals surface area contributed by atoms with Crippen molar-refractivity contribution in [1.29, 1.82) is 0 Å². The molecule has 1 aromatic rings. The monoisotopic (exact) mass is 243 g/mol. The van der Waals surface area contributed by atoms with Gasteiger partial charge in [-0.2, -0.15) is 4.98 Å². The Morgan fingerprint density at radius 2 is 1.78 bits per heavy atom. The predicted octanol–water partition coefficient (Wildman–Crippen LogP) is 3.39. The quantitative estimate of drug-likeness (QED) is 0.812. The predicted molar refractivity (Wildman–Crippen MR) is 72.8 cm³/mol. The Morgan fingerprint density at radius 3 is 2.33 bits per heavy atom. The minimum atomic E-state index is 0.558. The second kappa shape index (κ2) is 6.05. The van der Waals surface area contributed by atoms with Crippen LogP contribution in [0.4, 0.5) is 0 Å². The van der Waals surface area contributed by atoms with E-state index < -0.39 is 0 Å². The number of allylic oxidation sites excluding steroid dienone is 5. The zero-order valence-electron chi connectivity index (χ0n) is 10.7. The minimum Gasteiger partial charge on any atom is -0.481 e. The molecule has 94 valence electrons. The normalized spacial score (nSPS) is 14.7. The molecule has 0 saturated heterocycles. The summed E-state index contributed by atoms with van der Waals surface area (Å²) in [7, 11) is 3.20. The van der Waals surface area contributed by atoms with Crippen LogP contribution in [-0.2, 0) is 0 Å². The number of rotatable bonds is 4. The molecule has 0 aromatic carbocycles. The van der Waals surface area contributed by atoms with Crippen molar-refractivity contribution in [2.75, 3.05) is 14.2 Å². The van der Waals surface area contributed by atoms with Gasteiger partial charge in [-0.15, -0.1) is 0 Å². The average molecular weight is 243 g/mol. The number of hydrogen-bond donors (Lipinski definition) is 0. The van der Waals surface area contributed by atoms with Gasteiger partial charge in [0, 0.05) is 12.1 Å². The summed E-state index contributed by atoms with van der Waals surface area (Å²) in [5, 5.41) is 0. The molecule has 0 amide bonds. The maximum absolute atomic E-state index is 5.14. The van der Waals surface area contributed by atoms with Crippen LogP contribution in [0.1, 0.15) is 18.4 Å². The van der Waals surface area contributed by atoms with Gasteiger partial charge in [-0.05, 0) is 24.0 Å². The van der Waals surface area contributed by atoms with Crippen molar-refractivity contribution in [3.05, 3.63) is 47.6 Å². The van der Waals surface area contributed by atoms with Crippen LogP contribution in [0, 0.1) is 0 Å². The average Bonchev–Trinajstić information content (AvgIpc) is 2.45. The van der Waals surface area contributed by atoms with Gasteiger partial charge in [0.25, 0.3) is 0 Å². The Hall–Kier alpha value is -2.03. The van der Waals surface area contributed by atoms with Crippen LogP contribution in [0.3, 0.4) is 0 Å². The van der Waals surface area contributed by atoms with Crippen molar-refractivity contribution in [2.24, 2.45) is 0 Å². The smallest absolute Gasteiger partial charge is 0.216 e. The van der Waals surface area contributed by atoms with Gasteiger partial charge in [-0.25, -0.2) is 0 Å². The standard InChI is InChI=1S/C15H17NO2/c1-17-14-10-13(11-15(16-14)18-2)9-8-12-6-4-3-5-7-12/h4,6-11H,3,5H2,1-2H3/b9-8+. The summed E-state index contributed by atoms with van der Waals surface area (Å²) in [6.45, 7) is 0. The Labute approximate surface area is 107 Å². The van der Waals surface area contributed by atoms with E-state index in [0.717, 1.165) is 18.4 Å². The zero-order valence-corrected chi connectivity index (χ0v) is 10.7. The van der Waals surface area contributed by atoms with Gasteiger partial charge in [0.15, 0.2) is 0 Å². The highest BCUT2D eigenvalue weighted by molar-refractivity contribution is 5.57. The fraction of sp³-hybridized carbons (Fsp3) is 0.267. The van der Waals surface area contributed by atoms with Gasteiger partial charge in [-0.1, -0.05) is 30.4 Å². The van der Waals surface area contributed by atoms with Gasteiger partial charge in [0.2, 0.25) is 11.8 Å². The second-order valence-corrected chi connectivity index (χ2v) is 4.00. The molecule has 0 atom stereocenters. The molecule has 1 aliphatic carbocycles. The van der Waals surface area contributed by atoms with E-state index in [1.165, 1.54) is 5.57 Å². The van der Waals surface area contributed by atoms with E-state index in [1.54, 1.807) is 14.2 Å². The first-order valence-corrected chi connectivity index (χ1v) is 5.96. The van der Waals surface area contributed by atoms with Crippen LogP contribution in [0.25, 0.3) is 6.08 Å². The fourth-order valence-corrected chi connectivity index (χ4v) is 1.76. The van der Waals surface area contributed by atoms with Crippen LogP contribution in [0.2, 0.25) is 0 Å². The number of methoxy groups -OCH3 is 2. The van der Waals surface area contributed by atoms with E-state index in [4.69, 9.17) is 9.47 Å². The maximum Gasteiger partial charge on any atom is 0.216 e. The number of hydrogen-bond acceptors (Lipinski definition) is 3. The van der Waals surface area contributed by atoms with Crippen molar-refractivity contribution in [1.82, 2.24) is 4.98 Å². The van der Waals surface area contributed by atoms with E-state index in [2.05, 4.69) is 29.3 Å². The molecule has 1 aliphatic rings. The van der Waals surface area contributed by atoms with Crippen molar-refractivity contribution in [3.63, 3.8) is 0 Å². The molecule has 3 nitrogen and oxygen atoms in total. The van der Waals surface area contributed by atoms with Crippen LogP contribution < -0.4 is 9.47 Å². The fourth-order valence-electron chi connectivity index (χ4n) is 1.76. The first kappa shape index (κ1) is 12.4. The lowest BCUT2D eigenvalue weighted by Gasteiger charge is -2.05. The lowest BCUT2D eigenvalue weighted by molar-refractivity contribution is 0.364. The Kier molecular flexibility index (Phi) is 4.18. The molecule has 0 N–H and O–H groups in total. The van der Waals surface area contributed by atoms with E-state index in [9.17, 15) is 0 Å². The number of nitrogens with zero attached hydrogens (tertiary/aromatic N) is 1. The van der Waals surface area contributed by atoms with Crippen LogP contribution in [0.15, 0.2) is 42.0 Å². The van der Waals surface area contributed by atoms with E-state index in [0.29, 0.717) is 11.8 Å². The summed E-state index contributed by atoms with van der Waals surface area (Å²) in [6, 6.07) is 3.76. The molecule has 0 radical (unpaired) electrons. The Bertz CT molecular complexity index is 479. The molecule has 3 heteroatoms. The third-order valence-corrected chi connectivity index (χ3v) is 2.71. The molecule has 0 spiro atoms. The van der Waals surface area contributed by atoms with Gasteiger partial charge in [-0.3, -0.25) is 0 Å². The van der Waals surface area contributed by atoms with Gasteiger partial charge in [0.05, 0.1) is 14.2 Å². The maximum atomic E-state index is 5.14. The molecule has 0 bridgehead atoms. The minimum absolute atomic E-state index is 0.558. The Balaban J connectivity index is 2.19. The summed E-state index contributed by atoms with van der Waals surface area (Å²) in [5.74, 6) is 1.12. The summed E-state index contributed by atoms with van der Waals surface area (Å²) >= 11 is 0. The molecular weight excluding hydrogens is 226 g/mol. The molecule has 0 saturated carbocycles. The third kappa shape index (κ3) is 3.23. The van der Waals surface area contributed by atoms with Gasteiger partial charge in [0.1, 0.15) is 0 Å². The largest absolute Gasteiger partial charge is 0.481 e. The van der Waals surface area contributed by atoms with Gasteiger partial charge >= 0.3 is 0 Å². The van der Waals surface area contributed by atoms with Crippen molar-refractivity contribution in [2.45, 2.75) is 12.8 Å². The third-order valence-electron chi connectivity index (χ3n) is 2.71. The molecule has 2 rings (SSSR count). The van der Waals surface area contributed by atoms with E-state index in [-0.39, 0.29) is 0 Å². The highest BCUT2D eigenvalue weighted by Crippen LogP contribution is 2.20. The van der Waals surface area contributed by atoms with Crippen molar-refractivity contribution >= 4 is 6.08 Å². The number of ether oxygens (including phenoxy) is 2. The summed E-state index contributed by atoms with van der Waals surface area (Å²) in [5.41, 5.74) is 2.24. The molecular formula is C15H17NO2. The zero-order chi connectivity index (χ0) is 12.8. The van der Waals surface area contributed by atoms with Crippen LogP contribution in [-0.4, -0.2) is 19.2 Å². The van der Waals surface area contributed by atoms with E-state index >= 15 is 0 Å². The summed E-state index contributed by atoms with van der Waals surface area (Å²) in [6.07, 6.45) is 12.9. The topological polar surface area (TPSA) is 31.4 Å². The summed E-state index contributed by atoms with van der Waals surface area (Å²) in [4.78, 5) is 4.16. The van der Waals surface area contributed by atoms with Crippen LogP contribution >= 0.6 is 0 Å². The van der Waals surface area contributed by atoms with Crippen molar-refractivity contribution < 1.29 is 9.47 Å². The highest BCUT2D eigenvalue weighted by atomic mass is 16.5. The number of aromatic nitrogens is 1. The summed E-state index contributed by atoms with van der Waals surface area (Å²) < 4.78 is 10.3. The molecule has 0 fully saturated rings. The Morgan fingerprint density at radius 1 is 1.06 bits per heavy atom. The van der Waals surface area contributed by atoms with E-state index in [1.807, 2.05) is 18.2 Å². The second-order valence-electron chi connectivity index (χ2n) is 4.00. The molecule has 1 aromatic heterocycles. The lowest BCUT2D eigenvalue weighted by Crippen LogP contribution is -1.93. The van der Waals surface area contributed by atoms with Gasteiger partial charge < -0.3 is 9.47 Å². The molecule has 1 heterocycles. The van der Waals surface area contributed by atoms with Crippen molar-refractivity contribution in [3.8, 4) is 11.8 Å². The van der Waals surface area contributed by atoms with Crippen LogP contribution in [0.5, 0.6) is 11.8 Å². The molecule has 0 unspecified atom stereocenters. The molecule has 18 heavy (non-hydrogen) atoms. The first-order valence-electron chi connectivity index (χ1n) is 5.96. The molecule has 0 aliphatic heterocycles. The lowest BCUT2D eigenvalue weighted by atomic mass is 10.1.